The number of carbonyl (C=O) groups excluding carboxylic acids is 2. The first-order valence-corrected chi connectivity index (χ1v) is 8.74. The lowest BCUT2D eigenvalue weighted by molar-refractivity contribution is -0.384. The maximum atomic E-state index is 12.2. The number of nitrogens with zero attached hydrogens (tertiary/aromatic N) is 2. The van der Waals surface area contributed by atoms with Gasteiger partial charge in [-0.1, -0.05) is 29.3 Å². The van der Waals surface area contributed by atoms with Crippen molar-refractivity contribution in [2.45, 2.75) is 13.0 Å². The van der Waals surface area contributed by atoms with Gasteiger partial charge in [0.1, 0.15) is 0 Å². The number of benzene rings is 2. The molecule has 0 atom stereocenters. The fraction of sp³-hybridized carbons (Fsp3) is 0.222. The molecule has 2 aromatic carbocycles. The molecule has 2 aromatic rings. The average molecular weight is 410 g/mol. The SMILES string of the molecule is CN(Cc1ccc(Cl)cc1Cl)C(=O)CCNC(=O)c1ccc([N+](=O)[O-])cc1. The van der Waals surface area contributed by atoms with Crippen LogP contribution in [0.3, 0.4) is 0 Å². The number of halogens is 2. The summed E-state index contributed by atoms with van der Waals surface area (Å²) in [5.74, 6) is -0.564. The summed E-state index contributed by atoms with van der Waals surface area (Å²) in [5.41, 5.74) is 0.963. The molecule has 0 heterocycles. The topological polar surface area (TPSA) is 92.6 Å². The molecule has 2 amide bonds. The highest BCUT2D eigenvalue weighted by Gasteiger charge is 2.13. The Hall–Kier alpha value is -2.64. The lowest BCUT2D eigenvalue weighted by atomic mass is 10.2. The summed E-state index contributed by atoms with van der Waals surface area (Å²) >= 11 is 12.0. The Bertz CT molecular complexity index is 856. The number of nitro groups is 1. The van der Waals surface area contributed by atoms with Gasteiger partial charge >= 0.3 is 0 Å². The minimum Gasteiger partial charge on any atom is -0.352 e. The maximum Gasteiger partial charge on any atom is 0.269 e. The fourth-order valence-electron chi connectivity index (χ4n) is 2.30. The number of carbonyl (C=O) groups is 2. The van der Waals surface area contributed by atoms with Crippen LogP contribution < -0.4 is 5.32 Å². The van der Waals surface area contributed by atoms with Crippen LogP contribution in [0.5, 0.6) is 0 Å². The number of nitrogens with one attached hydrogen (secondary N) is 1. The Morgan fingerprint density at radius 3 is 2.41 bits per heavy atom. The molecule has 142 valence electrons. The van der Waals surface area contributed by atoms with E-state index in [2.05, 4.69) is 5.32 Å². The van der Waals surface area contributed by atoms with E-state index in [1.54, 1.807) is 25.2 Å². The van der Waals surface area contributed by atoms with E-state index in [-0.39, 0.29) is 30.1 Å². The van der Waals surface area contributed by atoms with Crippen molar-refractivity contribution >= 4 is 40.7 Å². The van der Waals surface area contributed by atoms with Crippen LogP contribution in [-0.4, -0.2) is 35.2 Å². The third kappa shape index (κ3) is 5.94. The number of amides is 2. The van der Waals surface area contributed by atoms with Crippen LogP contribution in [0.1, 0.15) is 22.3 Å². The Morgan fingerprint density at radius 1 is 1.15 bits per heavy atom. The second-order valence-electron chi connectivity index (χ2n) is 5.80. The smallest absolute Gasteiger partial charge is 0.269 e. The van der Waals surface area contributed by atoms with Gasteiger partial charge in [0.25, 0.3) is 11.6 Å². The Kier molecular flexibility index (Phi) is 7.15. The van der Waals surface area contributed by atoms with Crippen molar-refractivity contribution < 1.29 is 14.5 Å². The van der Waals surface area contributed by atoms with Crippen LogP contribution in [0.25, 0.3) is 0 Å². The summed E-state index contributed by atoms with van der Waals surface area (Å²) in [6.07, 6.45) is 0.112. The zero-order valence-corrected chi connectivity index (χ0v) is 16.0. The van der Waals surface area contributed by atoms with Crippen molar-refractivity contribution in [3.8, 4) is 0 Å². The number of nitro benzene ring substituents is 1. The number of rotatable bonds is 7. The van der Waals surface area contributed by atoms with Gasteiger partial charge in [0.05, 0.1) is 4.92 Å². The molecule has 1 N–H and O–H groups in total. The fourth-order valence-corrected chi connectivity index (χ4v) is 2.77. The molecule has 0 unspecified atom stereocenters. The van der Waals surface area contributed by atoms with E-state index in [0.717, 1.165) is 5.56 Å². The van der Waals surface area contributed by atoms with Crippen LogP contribution in [0, 0.1) is 10.1 Å². The molecule has 0 radical (unpaired) electrons. The summed E-state index contributed by atoms with van der Waals surface area (Å²) in [6, 6.07) is 10.3. The first kappa shape index (κ1) is 20.7. The lowest BCUT2D eigenvalue weighted by Gasteiger charge is -2.18. The summed E-state index contributed by atoms with van der Waals surface area (Å²) in [7, 11) is 1.64. The summed E-state index contributed by atoms with van der Waals surface area (Å²) in [6.45, 7) is 0.471. The van der Waals surface area contributed by atoms with E-state index in [1.807, 2.05) is 0 Å². The van der Waals surface area contributed by atoms with Gasteiger partial charge < -0.3 is 10.2 Å². The molecule has 0 aromatic heterocycles. The first-order chi connectivity index (χ1) is 12.8. The van der Waals surface area contributed by atoms with E-state index < -0.39 is 10.8 Å². The predicted octanol–water partition coefficient (Wildman–Crippen LogP) is 3.68. The largest absolute Gasteiger partial charge is 0.352 e. The van der Waals surface area contributed by atoms with Gasteiger partial charge in [-0.15, -0.1) is 0 Å². The lowest BCUT2D eigenvalue weighted by Crippen LogP contribution is -2.31. The van der Waals surface area contributed by atoms with Crippen molar-refractivity contribution in [3.05, 3.63) is 73.8 Å². The third-order valence-electron chi connectivity index (χ3n) is 3.81. The van der Waals surface area contributed by atoms with E-state index in [1.165, 1.54) is 29.2 Å². The molecule has 9 heteroatoms. The van der Waals surface area contributed by atoms with Crippen molar-refractivity contribution in [3.63, 3.8) is 0 Å². The highest BCUT2D eigenvalue weighted by molar-refractivity contribution is 6.35. The Morgan fingerprint density at radius 2 is 1.81 bits per heavy atom. The van der Waals surface area contributed by atoms with E-state index in [9.17, 15) is 19.7 Å². The summed E-state index contributed by atoms with van der Waals surface area (Å²) in [4.78, 5) is 35.8. The third-order valence-corrected chi connectivity index (χ3v) is 4.40. The van der Waals surface area contributed by atoms with Crippen LogP contribution in [0.4, 0.5) is 5.69 Å². The quantitative estimate of drug-likeness (QED) is 0.557. The van der Waals surface area contributed by atoms with Crippen LogP contribution in [0.15, 0.2) is 42.5 Å². The van der Waals surface area contributed by atoms with Gasteiger partial charge in [-0.25, -0.2) is 0 Å². The molecule has 0 saturated carbocycles. The monoisotopic (exact) mass is 409 g/mol. The minimum atomic E-state index is -0.539. The number of hydrogen-bond acceptors (Lipinski definition) is 4. The normalized spacial score (nSPS) is 10.3. The second kappa shape index (κ2) is 9.34. The zero-order valence-electron chi connectivity index (χ0n) is 14.4. The molecule has 0 bridgehead atoms. The Balaban J connectivity index is 1.82. The molecule has 2 rings (SSSR count). The molecule has 0 aliphatic heterocycles. The molecule has 0 spiro atoms. The van der Waals surface area contributed by atoms with Gasteiger partial charge in [0, 0.05) is 54.3 Å². The van der Waals surface area contributed by atoms with Gasteiger partial charge in [0.15, 0.2) is 0 Å². The van der Waals surface area contributed by atoms with Gasteiger partial charge in [-0.3, -0.25) is 19.7 Å². The van der Waals surface area contributed by atoms with Gasteiger partial charge in [-0.2, -0.15) is 0 Å². The Labute approximate surface area is 166 Å². The molecule has 0 aliphatic carbocycles. The highest BCUT2D eigenvalue weighted by Crippen LogP contribution is 2.22. The summed E-state index contributed by atoms with van der Waals surface area (Å²) < 4.78 is 0. The average Bonchev–Trinajstić information content (AvgIpc) is 2.63. The molecule has 27 heavy (non-hydrogen) atoms. The second-order valence-corrected chi connectivity index (χ2v) is 6.64. The van der Waals surface area contributed by atoms with E-state index in [0.29, 0.717) is 16.6 Å². The molecular formula is C18H17Cl2N3O4. The van der Waals surface area contributed by atoms with Crippen LogP contribution >= 0.6 is 23.2 Å². The molecule has 0 aliphatic rings. The first-order valence-electron chi connectivity index (χ1n) is 7.98. The van der Waals surface area contributed by atoms with E-state index in [4.69, 9.17) is 23.2 Å². The molecular weight excluding hydrogens is 393 g/mol. The summed E-state index contributed by atoms with van der Waals surface area (Å²) in [5, 5.41) is 14.2. The van der Waals surface area contributed by atoms with Crippen LogP contribution in [0.2, 0.25) is 10.0 Å². The molecule has 7 nitrogen and oxygen atoms in total. The molecule has 0 fully saturated rings. The van der Waals surface area contributed by atoms with Gasteiger partial charge in [-0.05, 0) is 29.8 Å². The highest BCUT2D eigenvalue weighted by atomic mass is 35.5. The maximum absolute atomic E-state index is 12.2. The zero-order chi connectivity index (χ0) is 20.0. The van der Waals surface area contributed by atoms with Crippen molar-refractivity contribution in [2.75, 3.05) is 13.6 Å². The van der Waals surface area contributed by atoms with Crippen molar-refractivity contribution in [2.24, 2.45) is 0 Å². The minimum absolute atomic E-state index is 0.0933. The van der Waals surface area contributed by atoms with Gasteiger partial charge in [0.2, 0.25) is 5.91 Å². The van der Waals surface area contributed by atoms with Crippen molar-refractivity contribution in [1.82, 2.24) is 10.2 Å². The van der Waals surface area contributed by atoms with Crippen LogP contribution in [-0.2, 0) is 11.3 Å². The van der Waals surface area contributed by atoms with Crippen molar-refractivity contribution in [1.29, 1.82) is 0 Å². The standard InChI is InChI=1S/C18H17Cl2N3O4/c1-22(11-13-2-5-14(19)10-16(13)20)17(24)8-9-21-18(25)12-3-6-15(7-4-12)23(26)27/h2-7,10H,8-9,11H2,1H3,(H,21,25). The molecule has 0 saturated heterocycles. The predicted molar refractivity (Wildman–Crippen MR) is 103 cm³/mol. The van der Waals surface area contributed by atoms with E-state index >= 15 is 0 Å². The number of hydrogen-bond donors (Lipinski definition) is 1. The number of non-ortho nitro benzene ring substituents is 1.